The number of aryl methyl sites for hydroxylation is 2. The quantitative estimate of drug-likeness (QED) is 0.759. The van der Waals surface area contributed by atoms with Gasteiger partial charge in [-0.05, 0) is 69.7 Å². The molecule has 1 heteroatoms. The van der Waals surface area contributed by atoms with Crippen molar-refractivity contribution in [2.24, 2.45) is 0 Å². The molecule has 18 heavy (non-hydrogen) atoms. The molecule has 0 saturated heterocycles. The van der Waals surface area contributed by atoms with Crippen molar-refractivity contribution in [2.45, 2.75) is 65.8 Å². The lowest BCUT2D eigenvalue weighted by Crippen LogP contribution is -2.36. The fourth-order valence-electron chi connectivity index (χ4n) is 2.06. The van der Waals surface area contributed by atoms with Crippen LogP contribution in [-0.4, -0.2) is 12.1 Å². The summed E-state index contributed by atoms with van der Waals surface area (Å²) in [5.74, 6) is 0.622. The van der Waals surface area contributed by atoms with Crippen molar-refractivity contribution in [3.8, 4) is 0 Å². The molecule has 1 rings (SSSR count). The highest BCUT2D eigenvalue weighted by Gasteiger charge is 2.08. The van der Waals surface area contributed by atoms with E-state index in [1.54, 1.807) is 0 Å². The first kappa shape index (κ1) is 15.2. The van der Waals surface area contributed by atoms with E-state index in [2.05, 4.69) is 65.1 Å². The molecular weight excluding hydrogens is 218 g/mol. The summed E-state index contributed by atoms with van der Waals surface area (Å²) in [6.45, 7) is 14.5. The van der Waals surface area contributed by atoms with E-state index < -0.39 is 0 Å². The van der Waals surface area contributed by atoms with Crippen LogP contribution in [0.3, 0.4) is 0 Å². The monoisotopic (exact) mass is 247 g/mol. The SMILES string of the molecule is Cc1ccc(C(C)C)cc1CCCNC(C)(C)C. The third kappa shape index (κ3) is 5.22. The zero-order valence-corrected chi connectivity index (χ0v) is 12.9. The van der Waals surface area contributed by atoms with Crippen molar-refractivity contribution in [3.05, 3.63) is 34.9 Å². The van der Waals surface area contributed by atoms with E-state index in [9.17, 15) is 0 Å². The van der Waals surface area contributed by atoms with Gasteiger partial charge in [-0.1, -0.05) is 32.0 Å². The van der Waals surface area contributed by atoms with Gasteiger partial charge in [-0.2, -0.15) is 0 Å². The topological polar surface area (TPSA) is 12.0 Å². The third-order valence-electron chi connectivity index (χ3n) is 3.32. The number of benzene rings is 1. The summed E-state index contributed by atoms with van der Waals surface area (Å²) in [4.78, 5) is 0. The summed E-state index contributed by atoms with van der Waals surface area (Å²) in [6.07, 6.45) is 2.38. The van der Waals surface area contributed by atoms with Crippen LogP contribution >= 0.6 is 0 Å². The molecule has 0 radical (unpaired) electrons. The van der Waals surface area contributed by atoms with Gasteiger partial charge in [-0.15, -0.1) is 0 Å². The maximum atomic E-state index is 3.55. The van der Waals surface area contributed by atoms with Crippen LogP contribution in [0.2, 0.25) is 0 Å². The van der Waals surface area contributed by atoms with Crippen LogP contribution in [0.15, 0.2) is 18.2 Å². The molecule has 0 bridgehead atoms. The minimum atomic E-state index is 0.231. The predicted octanol–water partition coefficient (Wildman–Crippen LogP) is 4.44. The number of rotatable bonds is 5. The Labute approximate surface area is 113 Å². The van der Waals surface area contributed by atoms with Gasteiger partial charge in [0.25, 0.3) is 0 Å². The van der Waals surface area contributed by atoms with Gasteiger partial charge in [0, 0.05) is 5.54 Å². The molecule has 0 aliphatic carbocycles. The van der Waals surface area contributed by atoms with Gasteiger partial charge >= 0.3 is 0 Å². The molecule has 0 atom stereocenters. The number of hydrogen-bond acceptors (Lipinski definition) is 1. The second-order valence-corrected chi connectivity index (χ2v) is 6.62. The van der Waals surface area contributed by atoms with Crippen molar-refractivity contribution in [3.63, 3.8) is 0 Å². The first-order valence-electron chi connectivity index (χ1n) is 7.14. The highest BCUT2D eigenvalue weighted by Crippen LogP contribution is 2.19. The average Bonchev–Trinajstić information content (AvgIpc) is 2.24. The van der Waals surface area contributed by atoms with Crippen LogP contribution in [0.25, 0.3) is 0 Å². The van der Waals surface area contributed by atoms with Gasteiger partial charge < -0.3 is 5.32 Å². The molecule has 1 N–H and O–H groups in total. The van der Waals surface area contributed by atoms with Crippen LogP contribution in [0.4, 0.5) is 0 Å². The van der Waals surface area contributed by atoms with Crippen molar-refractivity contribution in [1.29, 1.82) is 0 Å². The van der Waals surface area contributed by atoms with Gasteiger partial charge in [-0.25, -0.2) is 0 Å². The first-order valence-corrected chi connectivity index (χ1v) is 7.14. The Balaban J connectivity index is 2.54. The fourth-order valence-corrected chi connectivity index (χ4v) is 2.06. The van der Waals surface area contributed by atoms with Crippen LogP contribution in [0.1, 0.15) is 63.6 Å². The second kappa shape index (κ2) is 6.38. The zero-order valence-electron chi connectivity index (χ0n) is 12.9. The lowest BCUT2D eigenvalue weighted by molar-refractivity contribution is 0.422. The summed E-state index contributed by atoms with van der Waals surface area (Å²) in [5, 5.41) is 3.55. The van der Waals surface area contributed by atoms with Crippen molar-refractivity contribution >= 4 is 0 Å². The lowest BCUT2D eigenvalue weighted by Gasteiger charge is -2.20. The number of nitrogens with one attached hydrogen (secondary N) is 1. The van der Waals surface area contributed by atoms with Crippen LogP contribution in [0, 0.1) is 6.92 Å². The van der Waals surface area contributed by atoms with E-state index in [1.165, 1.54) is 29.5 Å². The first-order chi connectivity index (χ1) is 8.29. The molecule has 0 aromatic heterocycles. The standard InChI is InChI=1S/C17H29N/c1-13(2)15-10-9-14(3)16(12-15)8-7-11-18-17(4,5)6/h9-10,12-13,18H,7-8,11H2,1-6H3. The molecule has 0 saturated carbocycles. The predicted molar refractivity (Wildman–Crippen MR) is 81.3 cm³/mol. The molecule has 0 fully saturated rings. The summed E-state index contributed by atoms with van der Waals surface area (Å²) < 4.78 is 0. The molecule has 0 heterocycles. The van der Waals surface area contributed by atoms with E-state index in [1.807, 2.05) is 0 Å². The molecule has 0 spiro atoms. The summed E-state index contributed by atoms with van der Waals surface area (Å²) in [5.41, 5.74) is 4.63. The van der Waals surface area contributed by atoms with E-state index in [0.29, 0.717) is 5.92 Å². The van der Waals surface area contributed by atoms with Gasteiger partial charge in [-0.3, -0.25) is 0 Å². The minimum absolute atomic E-state index is 0.231. The highest BCUT2D eigenvalue weighted by atomic mass is 14.9. The highest BCUT2D eigenvalue weighted by molar-refractivity contribution is 5.32. The Morgan fingerprint density at radius 1 is 1.17 bits per heavy atom. The van der Waals surface area contributed by atoms with E-state index >= 15 is 0 Å². The Kier molecular flexibility index (Phi) is 5.40. The molecule has 0 aliphatic heterocycles. The average molecular weight is 247 g/mol. The Bertz CT molecular complexity index is 372. The maximum absolute atomic E-state index is 3.55. The number of hydrogen-bond donors (Lipinski definition) is 1. The molecule has 1 aromatic rings. The maximum Gasteiger partial charge on any atom is 0.00965 e. The second-order valence-electron chi connectivity index (χ2n) is 6.62. The third-order valence-corrected chi connectivity index (χ3v) is 3.32. The van der Waals surface area contributed by atoms with Crippen LogP contribution in [-0.2, 0) is 6.42 Å². The Hall–Kier alpha value is -0.820. The van der Waals surface area contributed by atoms with Crippen molar-refractivity contribution in [1.82, 2.24) is 5.32 Å². The largest absolute Gasteiger partial charge is 0.312 e. The molecule has 0 amide bonds. The van der Waals surface area contributed by atoms with Gasteiger partial charge in [0.15, 0.2) is 0 Å². The van der Waals surface area contributed by atoms with Crippen molar-refractivity contribution in [2.75, 3.05) is 6.54 Å². The van der Waals surface area contributed by atoms with E-state index in [-0.39, 0.29) is 5.54 Å². The normalized spacial score (nSPS) is 12.2. The molecule has 1 aromatic carbocycles. The van der Waals surface area contributed by atoms with Gasteiger partial charge in [0.05, 0.1) is 0 Å². The molecular formula is C17H29N. The van der Waals surface area contributed by atoms with E-state index in [4.69, 9.17) is 0 Å². The molecule has 0 aliphatic rings. The Morgan fingerprint density at radius 3 is 2.39 bits per heavy atom. The zero-order chi connectivity index (χ0) is 13.8. The summed E-state index contributed by atoms with van der Waals surface area (Å²) in [7, 11) is 0. The van der Waals surface area contributed by atoms with Crippen LogP contribution in [0.5, 0.6) is 0 Å². The van der Waals surface area contributed by atoms with E-state index in [0.717, 1.165) is 6.54 Å². The van der Waals surface area contributed by atoms with Crippen molar-refractivity contribution < 1.29 is 0 Å². The minimum Gasteiger partial charge on any atom is -0.312 e. The molecule has 1 nitrogen and oxygen atoms in total. The van der Waals surface area contributed by atoms with Gasteiger partial charge in [0.2, 0.25) is 0 Å². The van der Waals surface area contributed by atoms with Crippen LogP contribution < -0.4 is 5.32 Å². The smallest absolute Gasteiger partial charge is 0.00965 e. The Morgan fingerprint density at radius 2 is 1.83 bits per heavy atom. The molecule has 0 unspecified atom stereocenters. The van der Waals surface area contributed by atoms with Gasteiger partial charge in [0.1, 0.15) is 0 Å². The summed E-state index contributed by atoms with van der Waals surface area (Å²) >= 11 is 0. The molecule has 102 valence electrons. The lowest BCUT2D eigenvalue weighted by atomic mass is 9.95. The fraction of sp³-hybridized carbons (Fsp3) is 0.647. The summed E-state index contributed by atoms with van der Waals surface area (Å²) in [6, 6.07) is 6.91.